The van der Waals surface area contributed by atoms with Crippen molar-refractivity contribution < 1.29 is 0 Å². The molecule has 4 rings (SSSR count). The SMILES string of the molecule is CC(C)n1cc(C2=CCCN(Cc3nc4ccncc4n3C)CC2)nn1. The van der Waals surface area contributed by atoms with Gasteiger partial charge in [-0.05, 0) is 38.3 Å². The van der Waals surface area contributed by atoms with E-state index in [1.54, 1.807) is 6.20 Å². The van der Waals surface area contributed by atoms with Crippen molar-refractivity contribution in [3.05, 3.63) is 42.3 Å². The minimum atomic E-state index is 0.339. The molecule has 4 heterocycles. The van der Waals surface area contributed by atoms with Gasteiger partial charge >= 0.3 is 0 Å². The van der Waals surface area contributed by atoms with Crippen LogP contribution in [-0.2, 0) is 13.6 Å². The fourth-order valence-electron chi connectivity index (χ4n) is 3.41. The number of aryl methyl sites for hydroxylation is 1. The van der Waals surface area contributed by atoms with Crippen LogP contribution in [0.4, 0.5) is 0 Å². The average molecular weight is 351 g/mol. The molecule has 0 saturated heterocycles. The van der Waals surface area contributed by atoms with Crippen molar-refractivity contribution in [2.45, 2.75) is 39.3 Å². The molecule has 0 aromatic carbocycles. The van der Waals surface area contributed by atoms with E-state index >= 15 is 0 Å². The maximum absolute atomic E-state index is 4.78. The van der Waals surface area contributed by atoms with Gasteiger partial charge in [0.25, 0.3) is 0 Å². The molecule has 0 atom stereocenters. The number of pyridine rings is 1. The Labute approximate surface area is 153 Å². The Hall–Kier alpha value is -2.54. The molecular weight excluding hydrogens is 326 g/mol. The van der Waals surface area contributed by atoms with Crippen molar-refractivity contribution >= 4 is 16.6 Å². The van der Waals surface area contributed by atoms with Gasteiger partial charge in [-0.3, -0.25) is 9.88 Å². The summed E-state index contributed by atoms with van der Waals surface area (Å²) in [6.07, 6.45) is 10.1. The Morgan fingerprint density at radius 3 is 2.88 bits per heavy atom. The van der Waals surface area contributed by atoms with Crippen LogP contribution in [-0.4, -0.2) is 47.5 Å². The molecule has 0 spiro atoms. The second-order valence-corrected chi connectivity index (χ2v) is 7.17. The van der Waals surface area contributed by atoms with Crippen molar-refractivity contribution in [2.24, 2.45) is 7.05 Å². The highest BCUT2D eigenvalue weighted by Crippen LogP contribution is 2.22. The molecular formula is C19H25N7. The van der Waals surface area contributed by atoms with Gasteiger partial charge in [0.2, 0.25) is 0 Å². The van der Waals surface area contributed by atoms with E-state index in [4.69, 9.17) is 4.98 Å². The van der Waals surface area contributed by atoms with Crippen LogP contribution >= 0.6 is 0 Å². The molecule has 7 nitrogen and oxygen atoms in total. The summed E-state index contributed by atoms with van der Waals surface area (Å²) in [7, 11) is 2.07. The topological polar surface area (TPSA) is 64.7 Å². The summed E-state index contributed by atoms with van der Waals surface area (Å²) in [6, 6.07) is 2.31. The maximum atomic E-state index is 4.78. The summed E-state index contributed by atoms with van der Waals surface area (Å²) in [5.74, 6) is 1.09. The van der Waals surface area contributed by atoms with Crippen molar-refractivity contribution in [3.63, 3.8) is 0 Å². The van der Waals surface area contributed by atoms with Gasteiger partial charge in [0, 0.05) is 32.4 Å². The van der Waals surface area contributed by atoms with E-state index in [-0.39, 0.29) is 0 Å². The van der Waals surface area contributed by atoms with Gasteiger partial charge < -0.3 is 4.57 Å². The summed E-state index contributed by atoms with van der Waals surface area (Å²) in [5, 5.41) is 8.59. The molecule has 0 unspecified atom stereocenters. The molecule has 3 aromatic rings. The van der Waals surface area contributed by atoms with Crippen molar-refractivity contribution in [1.29, 1.82) is 0 Å². The third kappa shape index (κ3) is 3.26. The van der Waals surface area contributed by atoms with Crippen LogP contribution in [0.1, 0.15) is 44.2 Å². The zero-order chi connectivity index (χ0) is 18.1. The standard InChI is InChI=1S/C19H25N7/c1-14(2)26-12-17(22-23-26)15-5-4-9-25(10-7-15)13-19-21-16-6-8-20-11-18(16)24(19)3/h5-6,8,11-12,14H,4,7,9-10,13H2,1-3H3. The minimum absolute atomic E-state index is 0.339. The highest BCUT2D eigenvalue weighted by atomic mass is 15.4. The second-order valence-electron chi connectivity index (χ2n) is 7.17. The molecule has 7 heteroatoms. The van der Waals surface area contributed by atoms with Crippen molar-refractivity contribution in [3.8, 4) is 0 Å². The third-order valence-electron chi connectivity index (χ3n) is 5.04. The zero-order valence-corrected chi connectivity index (χ0v) is 15.6. The summed E-state index contributed by atoms with van der Waals surface area (Å²) in [5.41, 5.74) is 4.40. The molecule has 0 saturated carbocycles. The Morgan fingerprint density at radius 2 is 2.12 bits per heavy atom. The average Bonchev–Trinajstić information content (AvgIpc) is 3.16. The molecule has 0 N–H and O–H groups in total. The number of imidazole rings is 1. The zero-order valence-electron chi connectivity index (χ0n) is 15.6. The first-order valence-corrected chi connectivity index (χ1v) is 9.20. The largest absolute Gasteiger partial charge is 0.329 e. The molecule has 0 amide bonds. The maximum Gasteiger partial charge on any atom is 0.123 e. The van der Waals surface area contributed by atoms with Crippen LogP contribution in [0.2, 0.25) is 0 Å². The van der Waals surface area contributed by atoms with E-state index in [1.165, 1.54) is 5.57 Å². The minimum Gasteiger partial charge on any atom is -0.329 e. The fraction of sp³-hybridized carbons (Fsp3) is 0.474. The van der Waals surface area contributed by atoms with Crippen LogP contribution in [0.3, 0.4) is 0 Å². The van der Waals surface area contributed by atoms with Crippen LogP contribution < -0.4 is 0 Å². The lowest BCUT2D eigenvalue weighted by Crippen LogP contribution is -2.25. The van der Waals surface area contributed by atoms with E-state index in [9.17, 15) is 0 Å². The van der Waals surface area contributed by atoms with Crippen LogP contribution in [0.5, 0.6) is 0 Å². The van der Waals surface area contributed by atoms with Gasteiger partial charge in [0.15, 0.2) is 0 Å². The van der Waals surface area contributed by atoms with E-state index < -0.39 is 0 Å². The number of fused-ring (bicyclic) bond motifs is 1. The fourth-order valence-corrected chi connectivity index (χ4v) is 3.41. The van der Waals surface area contributed by atoms with E-state index in [0.29, 0.717) is 6.04 Å². The number of nitrogens with zero attached hydrogens (tertiary/aromatic N) is 7. The summed E-state index contributed by atoms with van der Waals surface area (Å²) in [4.78, 5) is 11.4. The number of hydrogen-bond donors (Lipinski definition) is 0. The number of hydrogen-bond acceptors (Lipinski definition) is 5. The van der Waals surface area contributed by atoms with Crippen molar-refractivity contribution in [1.82, 2.24) is 34.4 Å². The lowest BCUT2D eigenvalue weighted by molar-refractivity contribution is 0.272. The Balaban J connectivity index is 1.45. The second kappa shape index (κ2) is 6.99. The van der Waals surface area contributed by atoms with Gasteiger partial charge in [-0.2, -0.15) is 0 Å². The first-order valence-electron chi connectivity index (χ1n) is 9.20. The smallest absolute Gasteiger partial charge is 0.123 e. The van der Waals surface area contributed by atoms with Gasteiger partial charge in [-0.1, -0.05) is 11.3 Å². The molecule has 0 fully saturated rings. The molecule has 3 aromatic heterocycles. The molecule has 136 valence electrons. The number of rotatable bonds is 4. The molecule has 26 heavy (non-hydrogen) atoms. The lowest BCUT2D eigenvalue weighted by atomic mass is 10.1. The quantitative estimate of drug-likeness (QED) is 0.723. The third-order valence-corrected chi connectivity index (χ3v) is 5.04. The van der Waals surface area contributed by atoms with Gasteiger partial charge in [0.05, 0.1) is 30.0 Å². The summed E-state index contributed by atoms with van der Waals surface area (Å²) in [6.45, 7) is 7.12. The first kappa shape index (κ1) is 16.9. The Bertz CT molecular complexity index is 934. The monoisotopic (exact) mass is 351 g/mol. The van der Waals surface area contributed by atoms with E-state index in [2.05, 4.69) is 57.9 Å². The van der Waals surface area contributed by atoms with Crippen molar-refractivity contribution in [2.75, 3.05) is 13.1 Å². The molecule has 1 aliphatic heterocycles. The molecule has 0 bridgehead atoms. The molecule has 1 aliphatic rings. The summed E-state index contributed by atoms with van der Waals surface area (Å²) >= 11 is 0. The molecule has 0 radical (unpaired) electrons. The van der Waals surface area contributed by atoms with Gasteiger partial charge in [0.1, 0.15) is 11.5 Å². The molecule has 0 aliphatic carbocycles. The number of aromatic nitrogens is 6. The van der Waals surface area contributed by atoms with Gasteiger partial charge in [-0.15, -0.1) is 5.10 Å². The van der Waals surface area contributed by atoms with Gasteiger partial charge in [-0.25, -0.2) is 9.67 Å². The Kier molecular flexibility index (Phi) is 4.55. The van der Waals surface area contributed by atoms with Crippen LogP contribution in [0.15, 0.2) is 30.7 Å². The van der Waals surface area contributed by atoms with Crippen LogP contribution in [0.25, 0.3) is 16.6 Å². The predicted molar refractivity (Wildman–Crippen MR) is 101 cm³/mol. The lowest BCUT2D eigenvalue weighted by Gasteiger charge is -2.19. The summed E-state index contributed by atoms with van der Waals surface area (Å²) < 4.78 is 4.07. The first-order chi connectivity index (χ1) is 12.6. The predicted octanol–water partition coefficient (Wildman–Crippen LogP) is 2.82. The highest BCUT2D eigenvalue weighted by molar-refractivity contribution is 5.74. The van der Waals surface area contributed by atoms with Crippen LogP contribution in [0, 0.1) is 0 Å². The normalized spacial score (nSPS) is 16.2. The highest BCUT2D eigenvalue weighted by Gasteiger charge is 2.17. The van der Waals surface area contributed by atoms with E-state index in [0.717, 1.165) is 55.0 Å². The Morgan fingerprint density at radius 1 is 1.23 bits per heavy atom. The van der Waals surface area contributed by atoms with E-state index in [1.807, 2.05) is 16.9 Å².